The zero-order valence-corrected chi connectivity index (χ0v) is 16.5. The van der Waals surface area contributed by atoms with Crippen LogP contribution in [0.1, 0.15) is 17.3 Å². The van der Waals surface area contributed by atoms with Crippen LogP contribution < -0.4 is 14.8 Å². The topological polar surface area (TPSA) is 73.9 Å². The van der Waals surface area contributed by atoms with E-state index >= 15 is 0 Å². The van der Waals surface area contributed by atoms with Crippen molar-refractivity contribution in [3.8, 4) is 22.6 Å². The fourth-order valence-electron chi connectivity index (χ4n) is 3.15. The Kier molecular flexibility index (Phi) is 5.66. The highest BCUT2D eigenvalue weighted by Crippen LogP contribution is 2.31. The average Bonchev–Trinajstić information content (AvgIpc) is 2.79. The number of nitrogens with one attached hydrogen (secondary N) is 1. The molecule has 0 radical (unpaired) electrons. The van der Waals surface area contributed by atoms with Gasteiger partial charge in [0.05, 0.1) is 5.56 Å². The lowest BCUT2D eigenvalue weighted by Gasteiger charge is -2.19. The van der Waals surface area contributed by atoms with E-state index in [9.17, 15) is 9.59 Å². The van der Waals surface area contributed by atoms with Gasteiger partial charge in [-0.3, -0.25) is 4.79 Å². The van der Waals surface area contributed by atoms with Crippen molar-refractivity contribution < 1.29 is 23.8 Å². The van der Waals surface area contributed by atoms with Crippen LogP contribution in [-0.4, -0.2) is 31.2 Å². The summed E-state index contributed by atoms with van der Waals surface area (Å²) in [5, 5.41) is 2.85. The number of rotatable bonds is 5. The van der Waals surface area contributed by atoms with Crippen LogP contribution >= 0.6 is 0 Å². The Labute approximate surface area is 174 Å². The lowest BCUT2D eigenvalue weighted by atomic mass is 10.0. The van der Waals surface area contributed by atoms with E-state index in [0.717, 1.165) is 11.1 Å². The van der Waals surface area contributed by atoms with Gasteiger partial charge < -0.3 is 19.5 Å². The number of anilines is 1. The van der Waals surface area contributed by atoms with Gasteiger partial charge in [-0.2, -0.15) is 0 Å². The number of benzene rings is 3. The summed E-state index contributed by atoms with van der Waals surface area (Å²) in [5.74, 6) is 0.0564. The van der Waals surface area contributed by atoms with Crippen LogP contribution in [0.15, 0.2) is 72.8 Å². The second-order valence-corrected chi connectivity index (χ2v) is 6.81. The number of para-hydroxylation sites is 1. The third-order valence-electron chi connectivity index (χ3n) is 4.70. The standard InChI is InChI=1S/C24H21NO5/c1-16(30-24(27)18-11-12-21-22(15-18)29-14-13-28-21)23(26)25-20-10-6-5-9-19(20)17-7-3-2-4-8-17/h2-12,15-16H,13-14H2,1H3,(H,25,26)/t16-/m0/s1. The van der Waals surface area contributed by atoms with E-state index in [1.54, 1.807) is 18.2 Å². The number of hydrogen-bond acceptors (Lipinski definition) is 5. The largest absolute Gasteiger partial charge is 0.486 e. The molecule has 1 amide bonds. The van der Waals surface area contributed by atoms with Crippen molar-refractivity contribution in [3.63, 3.8) is 0 Å². The van der Waals surface area contributed by atoms with Gasteiger partial charge in [0, 0.05) is 11.3 Å². The maximum atomic E-state index is 12.7. The second kappa shape index (κ2) is 8.69. The molecule has 1 aliphatic heterocycles. The molecule has 152 valence electrons. The predicted molar refractivity (Wildman–Crippen MR) is 113 cm³/mol. The first-order chi connectivity index (χ1) is 14.6. The maximum Gasteiger partial charge on any atom is 0.339 e. The molecule has 4 rings (SSSR count). The highest BCUT2D eigenvalue weighted by Gasteiger charge is 2.22. The summed E-state index contributed by atoms with van der Waals surface area (Å²) in [7, 11) is 0. The van der Waals surface area contributed by atoms with Gasteiger partial charge >= 0.3 is 5.97 Å². The van der Waals surface area contributed by atoms with Gasteiger partial charge in [0.15, 0.2) is 17.6 Å². The summed E-state index contributed by atoms with van der Waals surface area (Å²) in [6.45, 7) is 2.43. The predicted octanol–water partition coefficient (Wildman–Crippen LogP) is 4.31. The van der Waals surface area contributed by atoms with E-state index in [1.165, 1.54) is 6.92 Å². The van der Waals surface area contributed by atoms with Crippen molar-refractivity contribution in [2.24, 2.45) is 0 Å². The number of esters is 1. The molecular formula is C24H21NO5. The maximum absolute atomic E-state index is 12.7. The highest BCUT2D eigenvalue weighted by molar-refractivity contribution is 6.00. The van der Waals surface area contributed by atoms with Crippen molar-refractivity contribution in [2.45, 2.75) is 13.0 Å². The van der Waals surface area contributed by atoms with Crippen molar-refractivity contribution >= 4 is 17.6 Å². The van der Waals surface area contributed by atoms with E-state index in [4.69, 9.17) is 14.2 Å². The zero-order chi connectivity index (χ0) is 20.9. The molecule has 1 heterocycles. The molecule has 3 aromatic rings. The molecule has 3 aromatic carbocycles. The van der Waals surface area contributed by atoms with Crippen LogP contribution in [0.5, 0.6) is 11.5 Å². The minimum atomic E-state index is -0.977. The van der Waals surface area contributed by atoms with Crippen molar-refractivity contribution in [1.29, 1.82) is 0 Å². The van der Waals surface area contributed by atoms with Gasteiger partial charge in [0.1, 0.15) is 13.2 Å². The summed E-state index contributed by atoms with van der Waals surface area (Å²) in [6, 6.07) is 22.0. The van der Waals surface area contributed by atoms with E-state index in [1.807, 2.05) is 54.6 Å². The molecule has 0 spiro atoms. The van der Waals surface area contributed by atoms with Crippen molar-refractivity contribution in [2.75, 3.05) is 18.5 Å². The Bertz CT molecular complexity index is 1060. The first kappa shape index (κ1) is 19.5. The van der Waals surface area contributed by atoms with Gasteiger partial charge in [-0.05, 0) is 36.8 Å². The molecule has 0 saturated carbocycles. The molecule has 30 heavy (non-hydrogen) atoms. The van der Waals surface area contributed by atoms with Crippen LogP contribution in [0.3, 0.4) is 0 Å². The Morgan fingerprint density at radius 2 is 1.60 bits per heavy atom. The van der Waals surface area contributed by atoms with Gasteiger partial charge in [0.2, 0.25) is 0 Å². The molecule has 0 aromatic heterocycles. The van der Waals surface area contributed by atoms with Gasteiger partial charge in [-0.1, -0.05) is 48.5 Å². The summed E-state index contributed by atoms with van der Waals surface area (Å²) in [5.41, 5.74) is 2.81. The third-order valence-corrected chi connectivity index (χ3v) is 4.70. The summed E-state index contributed by atoms with van der Waals surface area (Å²) >= 11 is 0. The molecule has 1 N–H and O–H groups in total. The molecule has 6 heteroatoms. The fourth-order valence-corrected chi connectivity index (χ4v) is 3.15. The average molecular weight is 403 g/mol. The smallest absolute Gasteiger partial charge is 0.339 e. The molecule has 0 unspecified atom stereocenters. The Hall–Kier alpha value is -3.80. The van der Waals surface area contributed by atoms with Crippen molar-refractivity contribution in [1.82, 2.24) is 0 Å². The number of hydrogen-bond donors (Lipinski definition) is 1. The molecule has 0 fully saturated rings. The number of carbonyl (C=O) groups excluding carboxylic acids is 2. The minimum Gasteiger partial charge on any atom is -0.486 e. The zero-order valence-electron chi connectivity index (χ0n) is 16.5. The van der Waals surface area contributed by atoms with Crippen LogP contribution in [0.4, 0.5) is 5.69 Å². The summed E-state index contributed by atoms with van der Waals surface area (Å²) in [6.07, 6.45) is -0.977. The number of fused-ring (bicyclic) bond motifs is 1. The minimum absolute atomic E-state index is 0.295. The van der Waals surface area contributed by atoms with Crippen LogP contribution in [0.25, 0.3) is 11.1 Å². The van der Waals surface area contributed by atoms with E-state index in [2.05, 4.69) is 5.32 Å². The third kappa shape index (κ3) is 4.27. The van der Waals surface area contributed by atoms with Crippen LogP contribution in [0.2, 0.25) is 0 Å². The lowest BCUT2D eigenvalue weighted by Crippen LogP contribution is -2.30. The van der Waals surface area contributed by atoms with E-state index in [-0.39, 0.29) is 0 Å². The SMILES string of the molecule is C[C@H](OC(=O)c1ccc2c(c1)OCCO2)C(=O)Nc1ccccc1-c1ccccc1. The van der Waals surface area contributed by atoms with Gasteiger partial charge in [-0.15, -0.1) is 0 Å². The molecule has 1 atom stereocenters. The molecule has 0 aliphatic carbocycles. The lowest BCUT2D eigenvalue weighted by molar-refractivity contribution is -0.123. The van der Waals surface area contributed by atoms with E-state index < -0.39 is 18.0 Å². The van der Waals surface area contributed by atoms with Crippen LogP contribution in [-0.2, 0) is 9.53 Å². The molecular weight excluding hydrogens is 382 g/mol. The first-order valence-corrected chi connectivity index (χ1v) is 9.68. The normalized spacial score (nSPS) is 13.2. The van der Waals surface area contributed by atoms with Crippen molar-refractivity contribution in [3.05, 3.63) is 78.4 Å². The number of carbonyl (C=O) groups is 2. The number of amides is 1. The molecule has 0 saturated heterocycles. The molecule has 6 nitrogen and oxygen atoms in total. The molecule has 0 bridgehead atoms. The second-order valence-electron chi connectivity index (χ2n) is 6.81. The fraction of sp³-hybridized carbons (Fsp3) is 0.167. The monoisotopic (exact) mass is 403 g/mol. The Morgan fingerprint density at radius 3 is 2.40 bits per heavy atom. The molecule has 1 aliphatic rings. The Morgan fingerprint density at radius 1 is 0.900 bits per heavy atom. The van der Waals surface area contributed by atoms with Gasteiger partial charge in [0.25, 0.3) is 5.91 Å². The Balaban J connectivity index is 1.44. The van der Waals surface area contributed by atoms with Crippen LogP contribution in [0, 0.1) is 0 Å². The summed E-state index contributed by atoms with van der Waals surface area (Å²) in [4.78, 5) is 25.2. The summed E-state index contributed by atoms with van der Waals surface area (Å²) < 4.78 is 16.3. The highest BCUT2D eigenvalue weighted by atomic mass is 16.6. The van der Waals surface area contributed by atoms with Gasteiger partial charge in [-0.25, -0.2) is 4.79 Å². The first-order valence-electron chi connectivity index (χ1n) is 9.68. The van der Waals surface area contributed by atoms with E-state index in [0.29, 0.717) is 36.0 Å². The number of ether oxygens (including phenoxy) is 3. The quantitative estimate of drug-likeness (QED) is 0.643.